The number of amides is 1. The van der Waals surface area contributed by atoms with Crippen LogP contribution in [-0.4, -0.2) is 13.0 Å². The van der Waals surface area contributed by atoms with Crippen LogP contribution < -0.4 is 15.8 Å². The topological polar surface area (TPSA) is 64.3 Å². The molecule has 3 N–H and O–H groups in total. The Kier molecular flexibility index (Phi) is 3.16. The lowest BCUT2D eigenvalue weighted by Crippen LogP contribution is -2.13. The van der Waals surface area contributed by atoms with Crippen LogP contribution in [0.15, 0.2) is 42.5 Å². The number of hydrogen-bond donors (Lipinski definition) is 2. The molecule has 1 amide bonds. The van der Waals surface area contributed by atoms with E-state index in [0.29, 0.717) is 6.42 Å². The minimum Gasteiger partial charge on any atom is -0.496 e. The third-order valence-corrected chi connectivity index (χ3v) is 3.59. The zero-order valence-electron chi connectivity index (χ0n) is 11.2. The first-order valence-corrected chi connectivity index (χ1v) is 6.50. The molecule has 2 aromatic rings. The highest BCUT2D eigenvalue weighted by atomic mass is 16.5. The molecule has 20 heavy (non-hydrogen) atoms. The summed E-state index contributed by atoms with van der Waals surface area (Å²) in [5.41, 5.74) is 10.1. The molecule has 0 fully saturated rings. The molecule has 1 aliphatic heterocycles. The Bertz CT molecular complexity index is 667. The highest BCUT2D eigenvalue weighted by Gasteiger charge is 2.20. The SMILES string of the molecule is COc1ccccc1C(N)c1ccc2c(c1)CC(=O)N2. The van der Waals surface area contributed by atoms with Crippen molar-refractivity contribution in [3.63, 3.8) is 0 Å². The average Bonchev–Trinajstić information content (AvgIpc) is 2.85. The Hall–Kier alpha value is -2.33. The van der Waals surface area contributed by atoms with Crippen molar-refractivity contribution in [1.29, 1.82) is 0 Å². The van der Waals surface area contributed by atoms with E-state index >= 15 is 0 Å². The van der Waals surface area contributed by atoms with E-state index in [9.17, 15) is 4.79 Å². The van der Waals surface area contributed by atoms with Crippen LogP contribution in [0, 0.1) is 0 Å². The minimum atomic E-state index is -0.271. The molecule has 0 spiro atoms. The first-order chi connectivity index (χ1) is 9.69. The van der Waals surface area contributed by atoms with Gasteiger partial charge in [0.25, 0.3) is 0 Å². The van der Waals surface area contributed by atoms with Crippen molar-refractivity contribution >= 4 is 11.6 Å². The van der Waals surface area contributed by atoms with Crippen molar-refractivity contribution in [3.05, 3.63) is 59.2 Å². The molecule has 1 aliphatic rings. The average molecular weight is 268 g/mol. The van der Waals surface area contributed by atoms with Gasteiger partial charge in [-0.3, -0.25) is 4.79 Å². The van der Waals surface area contributed by atoms with E-state index in [4.69, 9.17) is 10.5 Å². The van der Waals surface area contributed by atoms with Crippen LogP contribution in [0.25, 0.3) is 0 Å². The highest BCUT2D eigenvalue weighted by molar-refractivity contribution is 5.99. The van der Waals surface area contributed by atoms with Crippen molar-refractivity contribution < 1.29 is 9.53 Å². The summed E-state index contributed by atoms with van der Waals surface area (Å²) in [6.07, 6.45) is 0.418. The molecule has 1 atom stereocenters. The number of fused-ring (bicyclic) bond motifs is 1. The lowest BCUT2D eigenvalue weighted by molar-refractivity contribution is -0.115. The van der Waals surface area contributed by atoms with Gasteiger partial charge in [-0.05, 0) is 23.3 Å². The third kappa shape index (κ3) is 2.14. The van der Waals surface area contributed by atoms with E-state index in [1.165, 1.54) is 0 Å². The number of benzene rings is 2. The number of carbonyl (C=O) groups excluding carboxylic acids is 1. The number of carbonyl (C=O) groups is 1. The second-order valence-electron chi connectivity index (χ2n) is 4.86. The van der Waals surface area contributed by atoms with Crippen LogP contribution >= 0.6 is 0 Å². The van der Waals surface area contributed by atoms with Crippen molar-refractivity contribution in [2.75, 3.05) is 12.4 Å². The summed E-state index contributed by atoms with van der Waals surface area (Å²) in [6.45, 7) is 0. The Labute approximate surface area is 117 Å². The van der Waals surface area contributed by atoms with Gasteiger partial charge in [-0.25, -0.2) is 0 Å². The van der Waals surface area contributed by atoms with E-state index in [2.05, 4.69) is 5.32 Å². The first kappa shape index (κ1) is 12.7. The lowest BCUT2D eigenvalue weighted by atomic mass is 9.96. The summed E-state index contributed by atoms with van der Waals surface area (Å²) in [5.74, 6) is 0.803. The number of para-hydroxylation sites is 1. The number of rotatable bonds is 3. The predicted molar refractivity (Wildman–Crippen MR) is 77.8 cm³/mol. The molecule has 0 aromatic heterocycles. The van der Waals surface area contributed by atoms with Gasteiger partial charge in [-0.2, -0.15) is 0 Å². The van der Waals surface area contributed by atoms with Gasteiger partial charge < -0.3 is 15.8 Å². The second kappa shape index (κ2) is 4.98. The molecule has 3 rings (SSSR count). The molecular weight excluding hydrogens is 252 g/mol. The molecule has 0 radical (unpaired) electrons. The fourth-order valence-electron chi connectivity index (χ4n) is 2.55. The fourth-order valence-corrected chi connectivity index (χ4v) is 2.55. The van der Waals surface area contributed by atoms with Gasteiger partial charge in [0.05, 0.1) is 19.6 Å². The molecule has 1 heterocycles. The van der Waals surface area contributed by atoms with Gasteiger partial charge in [0.2, 0.25) is 5.91 Å². The first-order valence-electron chi connectivity index (χ1n) is 6.50. The number of nitrogens with two attached hydrogens (primary N) is 1. The standard InChI is InChI=1S/C16H16N2O2/c1-20-14-5-3-2-4-12(14)16(17)10-6-7-13-11(8-10)9-15(19)18-13/h2-8,16H,9,17H2,1H3,(H,18,19). The van der Waals surface area contributed by atoms with Crippen molar-refractivity contribution in [1.82, 2.24) is 0 Å². The molecule has 102 valence electrons. The van der Waals surface area contributed by atoms with Crippen LogP contribution in [0.3, 0.4) is 0 Å². The number of nitrogens with one attached hydrogen (secondary N) is 1. The summed E-state index contributed by atoms with van der Waals surface area (Å²) >= 11 is 0. The van der Waals surface area contributed by atoms with E-state index in [1.807, 2.05) is 42.5 Å². The number of anilines is 1. The molecule has 1 unspecified atom stereocenters. The molecular formula is C16H16N2O2. The van der Waals surface area contributed by atoms with Crippen molar-refractivity contribution in [3.8, 4) is 5.75 Å². The van der Waals surface area contributed by atoms with Gasteiger partial charge in [0.15, 0.2) is 0 Å². The summed E-state index contributed by atoms with van der Waals surface area (Å²) in [4.78, 5) is 11.4. The van der Waals surface area contributed by atoms with Crippen LogP contribution in [-0.2, 0) is 11.2 Å². The number of hydrogen-bond acceptors (Lipinski definition) is 3. The molecule has 2 aromatic carbocycles. The number of methoxy groups -OCH3 is 1. The predicted octanol–water partition coefficient (Wildman–Crippen LogP) is 2.24. The van der Waals surface area contributed by atoms with Gasteiger partial charge in [0.1, 0.15) is 5.75 Å². The quantitative estimate of drug-likeness (QED) is 0.897. The summed E-state index contributed by atoms with van der Waals surface area (Å²) in [5, 5.41) is 2.82. The molecule has 4 nitrogen and oxygen atoms in total. The van der Waals surface area contributed by atoms with Crippen LogP contribution in [0.5, 0.6) is 5.75 Å². The van der Waals surface area contributed by atoms with Gasteiger partial charge >= 0.3 is 0 Å². The van der Waals surface area contributed by atoms with Gasteiger partial charge in [-0.1, -0.05) is 30.3 Å². The zero-order chi connectivity index (χ0) is 14.1. The van der Waals surface area contributed by atoms with E-state index in [0.717, 1.165) is 28.1 Å². The van der Waals surface area contributed by atoms with Gasteiger partial charge in [-0.15, -0.1) is 0 Å². The maximum Gasteiger partial charge on any atom is 0.228 e. The molecule has 0 saturated heterocycles. The van der Waals surface area contributed by atoms with E-state index in [-0.39, 0.29) is 11.9 Å². The zero-order valence-corrected chi connectivity index (χ0v) is 11.2. The monoisotopic (exact) mass is 268 g/mol. The number of ether oxygens (including phenoxy) is 1. The summed E-state index contributed by atoms with van der Waals surface area (Å²) in [6, 6.07) is 13.3. The molecule has 0 saturated carbocycles. The summed E-state index contributed by atoms with van der Waals surface area (Å²) in [7, 11) is 1.64. The van der Waals surface area contributed by atoms with Crippen LogP contribution in [0.1, 0.15) is 22.7 Å². The van der Waals surface area contributed by atoms with E-state index in [1.54, 1.807) is 7.11 Å². The second-order valence-corrected chi connectivity index (χ2v) is 4.86. The molecule has 4 heteroatoms. The Morgan fingerprint density at radius 3 is 2.85 bits per heavy atom. The van der Waals surface area contributed by atoms with Gasteiger partial charge in [0, 0.05) is 11.3 Å². The molecule has 0 bridgehead atoms. The maximum absolute atomic E-state index is 11.4. The fraction of sp³-hybridized carbons (Fsp3) is 0.188. The van der Waals surface area contributed by atoms with Crippen LogP contribution in [0.4, 0.5) is 5.69 Å². The van der Waals surface area contributed by atoms with E-state index < -0.39 is 0 Å². The Balaban J connectivity index is 1.97. The van der Waals surface area contributed by atoms with Crippen molar-refractivity contribution in [2.24, 2.45) is 5.73 Å². The lowest BCUT2D eigenvalue weighted by Gasteiger charge is -2.16. The summed E-state index contributed by atoms with van der Waals surface area (Å²) < 4.78 is 5.35. The Morgan fingerprint density at radius 2 is 2.05 bits per heavy atom. The Morgan fingerprint density at radius 1 is 1.25 bits per heavy atom. The van der Waals surface area contributed by atoms with Crippen molar-refractivity contribution in [2.45, 2.75) is 12.5 Å². The minimum absolute atomic E-state index is 0.0306. The third-order valence-electron chi connectivity index (χ3n) is 3.59. The maximum atomic E-state index is 11.4. The smallest absolute Gasteiger partial charge is 0.228 e. The normalized spacial score (nSPS) is 14.6. The molecule has 0 aliphatic carbocycles. The largest absolute Gasteiger partial charge is 0.496 e. The van der Waals surface area contributed by atoms with Crippen LogP contribution in [0.2, 0.25) is 0 Å². The highest BCUT2D eigenvalue weighted by Crippen LogP contribution is 2.31.